The van der Waals surface area contributed by atoms with E-state index in [9.17, 15) is 25.5 Å². The van der Waals surface area contributed by atoms with Crippen LogP contribution in [-0.2, 0) is 18.9 Å². The molecule has 0 saturated carbocycles. The molecule has 7 unspecified atom stereocenters. The van der Waals surface area contributed by atoms with Crippen molar-refractivity contribution < 1.29 is 44.5 Å². The molecule has 9 heteroatoms. The fourth-order valence-corrected chi connectivity index (χ4v) is 5.04. The van der Waals surface area contributed by atoms with Crippen molar-refractivity contribution in [3.8, 4) is 23.0 Å². The van der Waals surface area contributed by atoms with Gasteiger partial charge in [-0.25, -0.2) is 0 Å². The Morgan fingerprint density at radius 1 is 0.784 bits per heavy atom. The molecule has 4 rings (SSSR count). The van der Waals surface area contributed by atoms with Gasteiger partial charge < -0.3 is 44.5 Å². The van der Waals surface area contributed by atoms with E-state index in [0.29, 0.717) is 30.4 Å². The van der Waals surface area contributed by atoms with Crippen molar-refractivity contribution in [1.29, 1.82) is 0 Å². The summed E-state index contributed by atoms with van der Waals surface area (Å²) in [4.78, 5) is 0. The summed E-state index contributed by atoms with van der Waals surface area (Å²) in [5.74, 6) is 0.0357. The zero-order valence-electron chi connectivity index (χ0n) is 21.3. The molecule has 0 bridgehead atoms. The van der Waals surface area contributed by atoms with Gasteiger partial charge in [0.25, 0.3) is 0 Å². The molecular formula is C28H38O9. The number of ether oxygens (including phenoxy) is 4. The van der Waals surface area contributed by atoms with Gasteiger partial charge in [-0.1, -0.05) is 6.92 Å². The van der Waals surface area contributed by atoms with E-state index in [2.05, 4.69) is 0 Å². The minimum absolute atomic E-state index is 0.0109. The standard InChI is InChI=1S/C28H38O9/c1-3-20-15-21(36-28(35-20)24-14-19(31)8-10-26(24)33)6-4-5-17(29)12-22-11-16(2)34-27(37-22)23-13-18(30)7-9-25(23)32/h7-10,13-14,16-17,20-22,27-33H,3-6,11-12,15H2,1-2H3. The van der Waals surface area contributed by atoms with Gasteiger partial charge in [0.1, 0.15) is 23.0 Å². The predicted octanol–water partition coefficient (Wildman–Crippen LogP) is 4.91. The molecule has 9 nitrogen and oxygen atoms in total. The Morgan fingerprint density at radius 2 is 1.35 bits per heavy atom. The first-order chi connectivity index (χ1) is 17.7. The first-order valence-corrected chi connectivity index (χ1v) is 13.1. The van der Waals surface area contributed by atoms with Gasteiger partial charge in [0, 0.05) is 6.42 Å². The summed E-state index contributed by atoms with van der Waals surface area (Å²) in [6.45, 7) is 3.96. The van der Waals surface area contributed by atoms with Crippen LogP contribution in [0.5, 0.6) is 23.0 Å². The van der Waals surface area contributed by atoms with E-state index in [1.807, 2.05) is 13.8 Å². The van der Waals surface area contributed by atoms with Crippen LogP contribution in [-0.4, -0.2) is 56.1 Å². The monoisotopic (exact) mass is 518 g/mol. The molecule has 0 aliphatic carbocycles. The molecule has 2 saturated heterocycles. The van der Waals surface area contributed by atoms with Crippen molar-refractivity contribution in [2.24, 2.45) is 0 Å². The van der Waals surface area contributed by atoms with Gasteiger partial charge in [-0.05, 0) is 81.8 Å². The number of phenolic OH excluding ortho intramolecular Hbond substituents is 4. The molecule has 37 heavy (non-hydrogen) atoms. The van der Waals surface area contributed by atoms with Crippen molar-refractivity contribution >= 4 is 0 Å². The van der Waals surface area contributed by atoms with Gasteiger partial charge in [0.2, 0.25) is 0 Å². The molecule has 2 heterocycles. The van der Waals surface area contributed by atoms with Crippen LogP contribution in [0.3, 0.4) is 0 Å². The number of rotatable bonds is 9. The van der Waals surface area contributed by atoms with Crippen LogP contribution in [0.2, 0.25) is 0 Å². The molecule has 0 radical (unpaired) electrons. The van der Waals surface area contributed by atoms with Crippen LogP contribution in [0.25, 0.3) is 0 Å². The average molecular weight is 519 g/mol. The number of aromatic hydroxyl groups is 4. The topological polar surface area (TPSA) is 138 Å². The molecule has 0 spiro atoms. The van der Waals surface area contributed by atoms with Gasteiger partial charge in [-0.2, -0.15) is 0 Å². The molecule has 5 N–H and O–H groups in total. The van der Waals surface area contributed by atoms with Gasteiger partial charge in [-0.15, -0.1) is 0 Å². The van der Waals surface area contributed by atoms with Crippen molar-refractivity contribution in [1.82, 2.24) is 0 Å². The second kappa shape index (κ2) is 12.3. The average Bonchev–Trinajstić information content (AvgIpc) is 2.86. The number of phenols is 4. The zero-order chi connectivity index (χ0) is 26.5. The maximum Gasteiger partial charge on any atom is 0.188 e. The quantitative estimate of drug-likeness (QED) is 0.293. The third-order valence-corrected chi connectivity index (χ3v) is 7.01. The number of aliphatic hydroxyl groups is 1. The Morgan fingerprint density at radius 3 is 1.97 bits per heavy atom. The first-order valence-electron chi connectivity index (χ1n) is 13.1. The zero-order valence-corrected chi connectivity index (χ0v) is 21.3. The molecule has 0 amide bonds. The summed E-state index contributed by atoms with van der Waals surface area (Å²) < 4.78 is 23.9. The second-order valence-electron chi connectivity index (χ2n) is 10.1. The maximum atomic E-state index is 10.7. The number of hydrogen-bond acceptors (Lipinski definition) is 9. The van der Waals surface area contributed by atoms with Crippen molar-refractivity contribution in [3.63, 3.8) is 0 Å². The number of hydrogen-bond donors (Lipinski definition) is 5. The fraction of sp³-hybridized carbons (Fsp3) is 0.571. The Labute approximate surface area is 217 Å². The third kappa shape index (κ3) is 7.27. The van der Waals surface area contributed by atoms with Crippen LogP contribution < -0.4 is 0 Å². The lowest BCUT2D eigenvalue weighted by molar-refractivity contribution is -0.250. The van der Waals surface area contributed by atoms with E-state index in [4.69, 9.17) is 18.9 Å². The highest BCUT2D eigenvalue weighted by Crippen LogP contribution is 2.39. The van der Waals surface area contributed by atoms with Crippen molar-refractivity contribution in [2.45, 2.75) is 102 Å². The van der Waals surface area contributed by atoms with E-state index >= 15 is 0 Å². The highest BCUT2D eigenvalue weighted by atomic mass is 16.7. The lowest BCUT2D eigenvalue weighted by atomic mass is 9.97. The lowest BCUT2D eigenvalue weighted by Crippen LogP contribution is -2.35. The molecule has 0 aromatic heterocycles. The van der Waals surface area contributed by atoms with Crippen molar-refractivity contribution in [3.05, 3.63) is 47.5 Å². The van der Waals surface area contributed by atoms with Crippen LogP contribution in [0.1, 0.15) is 82.5 Å². The molecule has 2 aliphatic rings. The smallest absolute Gasteiger partial charge is 0.188 e. The number of aliphatic hydroxyl groups excluding tert-OH is 1. The molecule has 204 valence electrons. The van der Waals surface area contributed by atoms with Gasteiger partial charge in [-0.3, -0.25) is 0 Å². The summed E-state index contributed by atoms with van der Waals surface area (Å²) >= 11 is 0. The minimum Gasteiger partial charge on any atom is -0.508 e. The molecule has 2 aliphatic heterocycles. The van der Waals surface area contributed by atoms with E-state index in [-0.39, 0.29) is 47.4 Å². The summed E-state index contributed by atoms with van der Waals surface area (Å²) in [6.07, 6.45) is 1.90. The highest BCUT2D eigenvalue weighted by molar-refractivity contribution is 5.40. The van der Waals surface area contributed by atoms with E-state index in [0.717, 1.165) is 25.7 Å². The van der Waals surface area contributed by atoms with Crippen LogP contribution in [0.4, 0.5) is 0 Å². The Balaban J connectivity index is 1.28. The highest BCUT2D eigenvalue weighted by Gasteiger charge is 2.33. The molecule has 7 atom stereocenters. The van der Waals surface area contributed by atoms with E-state index in [1.165, 1.54) is 36.4 Å². The normalized spacial score (nSPS) is 29.2. The predicted molar refractivity (Wildman–Crippen MR) is 134 cm³/mol. The van der Waals surface area contributed by atoms with Gasteiger partial charge in [0.05, 0.1) is 41.6 Å². The molecular weight excluding hydrogens is 480 g/mol. The Hall–Kier alpha value is -2.56. The lowest BCUT2D eigenvalue weighted by Gasteiger charge is -2.36. The summed E-state index contributed by atoms with van der Waals surface area (Å²) in [6, 6.07) is 8.50. The maximum absolute atomic E-state index is 10.7. The molecule has 2 aromatic rings. The first kappa shape index (κ1) is 27.5. The molecule has 2 aromatic carbocycles. The van der Waals surface area contributed by atoms with E-state index < -0.39 is 18.7 Å². The largest absolute Gasteiger partial charge is 0.508 e. The van der Waals surface area contributed by atoms with Gasteiger partial charge in [0.15, 0.2) is 12.6 Å². The Kier molecular flexibility index (Phi) is 9.15. The SMILES string of the molecule is CCC1CC(CCCC(O)CC2CC(C)OC(c3cc(O)ccc3O)O2)OC(c2cc(O)ccc2O)O1. The van der Waals surface area contributed by atoms with Crippen LogP contribution in [0, 0.1) is 0 Å². The Bertz CT molecular complexity index is 1030. The van der Waals surface area contributed by atoms with E-state index in [1.54, 1.807) is 0 Å². The van der Waals surface area contributed by atoms with Crippen LogP contribution >= 0.6 is 0 Å². The summed E-state index contributed by atoms with van der Waals surface area (Å²) in [5, 5.41) is 50.7. The second-order valence-corrected chi connectivity index (χ2v) is 10.1. The van der Waals surface area contributed by atoms with Crippen LogP contribution in [0.15, 0.2) is 36.4 Å². The molecule has 2 fully saturated rings. The summed E-state index contributed by atoms with van der Waals surface area (Å²) in [5.41, 5.74) is 0.766. The summed E-state index contributed by atoms with van der Waals surface area (Å²) in [7, 11) is 0. The number of benzene rings is 2. The third-order valence-electron chi connectivity index (χ3n) is 7.01. The minimum atomic E-state index is -0.819. The fourth-order valence-electron chi connectivity index (χ4n) is 5.04. The van der Waals surface area contributed by atoms with Gasteiger partial charge >= 0.3 is 0 Å². The van der Waals surface area contributed by atoms with Crippen molar-refractivity contribution in [2.75, 3.05) is 0 Å².